The van der Waals surface area contributed by atoms with Crippen LogP contribution in [0, 0.1) is 0 Å². The van der Waals surface area contributed by atoms with Gasteiger partial charge in [0.15, 0.2) is 0 Å². The van der Waals surface area contributed by atoms with Crippen molar-refractivity contribution in [1.29, 1.82) is 0 Å². The fourth-order valence-electron chi connectivity index (χ4n) is 0.932. The SMILES string of the molecule is COCCNC(=O)NCCCCC(=O)O. The summed E-state index contributed by atoms with van der Waals surface area (Å²) in [6.07, 6.45) is 1.39. The molecule has 0 rings (SSSR count). The van der Waals surface area contributed by atoms with Gasteiger partial charge >= 0.3 is 12.0 Å². The minimum atomic E-state index is -0.806. The van der Waals surface area contributed by atoms with Crippen molar-refractivity contribution in [2.75, 3.05) is 26.8 Å². The van der Waals surface area contributed by atoms with Gasteiger partial charge in [0.1, 0.15) is 0 Å². The second kappa shape index (κ2) is 9.26. The van der Waals surface area contributed by atoms with Crippen LogP contribution in [0.5, 0.6) is 0 Å². The van der Waals surface area contributed by atoms with Crippen molar-refractivity contribution in [2.24, 2.45) is 0 Å². The second-order valence-corrected chi connectivity index (χ2v) is 3.03. The zero-order chi connectivity index (χ0) is 11.5. The molecular weight excluding hydrogens is 200 g/mol. The lowest BCUT2D eigenvalue weighted by atomic mass is 10.2. The Morgan fingerprint density at radius 3 is 2.47 bits per heavy atom. The topological polar surface area (TPSA) is 87.7 Å². The Bertz CT molecular complexity index is 197. The van der Waals surface area contributed by atoms with E-state index in [4.69, 9.17) is 9.84 Å². The summed E-state index contributed by atoms with van der Waals surface area (Å²) in [5.41, 5.74) is 0. The van der Waals surface area contributed by atoms with Crippen LogP contribution in [-0.2, 0) is 9.53 Å². The molecule has 0 aromatic rings. The molecule has 0 aliphatic carbocycles. The zero-order valence-electron chi connectivity index (χ0n) is 8.91. The number of carboxylic acid groups (broad SMARTS) is 1. The first kappa shape index (κ1) is 13.7. The molecule has 88 valence electrons. The van der Waals surface area contributed by atoms with Crippen molar-refractivity contribution in [3.05, 3.63) is 0 Å². The van der Waals surface area contributed by atoms with Gasteiger partial charge in [0, 0.05) is 26.6 Å². The molecule has 0 aliphatic rings. The number of urea groups is 1. The molecule has 0 spiro atoms. The third-order valence-electron chi connectivity index (χ3n) is 1.69. The maximum atomic E-state index is 11.0. The van der Waals surface area contributed by atoms with Gasteiger partial charge in [-0.3, -0.25) is 4.79 Å². The number of rotatable bonds is 8. The minimum Gasteiger partial charge on any atom is -0.481 e. The summed E-state index contributed by atoms with van der Waals surface area (Å²) >= 11 is 0. The third kappa shape index (κ3) is 10.6. The highest BCUT2D eigenvalue weighted by atomic mass is 16.5. The van der Waals surface area contributed by atoms with Crippen molar-refractivity contribution in [3.63, 3.8) is 0 Å². The van der Waals surface area contributed by atoms with Crippen LogP contribution in [0.2, 0.25) is 0 Å². The first-order valence-corrected chi connectivity index (χ1v) is 4.89. The molecule has 6 nitrogen and oxygen atoms in total. The van der Waals surface area contributed by atoms with E-state index in [9.17, 15) is 9.59 Å². The van der Waals surface area contributed by atoms with Crippen LogP contribution in [0.4, 0.5) is 4.79 Å². The molecule has 0 bridgehead atoms. The van der Waals surface area contributed by atoms with Crippen LogP contribution >= 0.6 is 0 Å². The number of carbonyl (C=O) groups is 2. The van der Waals surface area contributed by atoms with E-state index in [-0.39, 0.29) is 12.5 Å². The Morgan fingerprint density at radius 1 is 1.20 bits per heavy atom. The van der Waals surface area contributed by atoms with Crippen LogP contribution in [0.3, 0.4) is 0 Å². The Labute approximate surface area is 89.0 Å². The zero-order valence-corrected chi connectivity index (χ0v) is 8.91. The number of carboxylic acids is 1. The van der Waals surface area contributed by atoms with Crippen LogP contribution in [0.25, 0.3) is 0 Å². The Balaban J connectivity index is 3.20. The second-order valence-electron chi connectivity index (χ2n) is 3.03. The fraction of sp³-hybridized carbons (Fsp3) is 0.778. The van der Waals surface area contributed by atoms with Crippen LogP contribution in [-0.4, -0.2) is 43.9 Å². The number of methoxy groups -OCH3 is 1. The van der Waals surface area contributed by atoms with Gasteiger partial charge in [-0.05, 0) is 12.8 Å². The Kier molecular flexibility index (Phi) is 8.46. The average molecular weight is 218 g/mol. The van der Waals surface area contributed by atoms with E-state index in [1.165, 1.54) is 0 Å². The van der Waals surface area contributed by atoms with Crippen LogP contribution in [0.15, 0.2) is 0 Å². The summed E-state index contributed by atoms with van der Waals surface area (Å²) < 4.78 is 4.75. The van der Waals surface area contributed by atoms with Gasteiger partial charge in [-0.1, -0.05) is 0 Å². The third-order valence-corrected chi connectivity index (χ3v) is 1.69. The van der Waals surface area contributed by atoms with E-state index < -0.39 is 5.97 Å². The predicted molar refractivity (Wildman–Crippen MR) is 54.8 cm³/mol. The van der Waals surface area contributed by atoms with Crippen molar-refractivity contribution in [3.8, 4) is 0 Å². The number of aliphatic carboxylic acids is 1. The van der Waals surface area contributed by atoms with Crippen molar-refractivity contribution in [2.45, 2.75) is 19.3 Å². The van der Waals surface area contributed by atoms with E-state index in [1.807, 2.05) is 0 Å². The average Bonchev–Trinajstić information content (AvgIpc) is 2.17. The highest BCUT2D eigenvalue weighted by Gasteiger charge is 1.99. The summed E-state index contributed by atoms with van der Waals surface area (Å²) in [7, 11) is 1.56. The number of nitrogens with one attached hydrogen (secondary N) is 2. The molecule has 2 amide bonds. The number of hydrogen-bond acceptors (Lipinski definition) is 3. The van der Waals surface area contributed by atoms with Crippen molar-refractivity contribution in [1.82, 2.24) is 10.6 Å². The van der Waals surface area contributed by atoms with Gasteiger partial charge < -0.3 is 20.5 Å². The predicted octanol–water partition coefficient (Wildman–Crippen LogP) is 0.187. The molecule has 0 saturated carbocycles. The lowest BCUT2D eigenvalue weighted by molar-refractivity contribution is -0.137. The number of carbonyl (C=O) groups excluding carboxylic acids is 1. The Hall–Kier alpha value is -1.30. The standard InChI is InChI=1S/C9H18N2O4/c1-15-7-6-11-9(14)10-5-3-2-4-8(12)13/h2-7H2,1H3,(H,12,13)(H2,10,11,14). The molecule has 0 aromatic carbocycles. The molecule has 0 radical (unpaired) electrons. The molecule has 0 fully saturated rings. The van der Waals surface area contributed by atoms with E-state index in [0.717, 1.165) is 0 Å². The van der Waals surface area contributed by atoms with Gasteiger partial charge in [-0.15, -0.1) is 0 Å². The molecule has 3 N–H and O–H groups in total. The number of ether oxygens (including phenoxy) is 1. The lowest BCUT2D eigenvalue weighted by Gasteiger charge is -2.06. The number of unbranched alkanes of at least 4 members (excludes halogenated alkanes) is 1. The van der Waals surface area contributed by atoms with E-state index in [2.05, 4.69) is 10.6 Å². The maximum Gasteiger partial charge on any atom is 0.314 e. The van der Waals surface area contributed by atoms with Gasteiger partial charge in [0.25, 0.3) is 0 Å². The molecule has 0 saturated heterocycles. The number of hydrogen-bond donors (Lipinski definition) is 3. The summed E-state index contributed by atoms with van der Waals surface area (Å²) in [5.74, 6) is -0.806. The summed E-state index contributed by atoms with van der Waals surface area (Å²) in [6, 6.07) is -0.248. The van der Waals surface area contributed by atoms with Crippen LogP contribution in [0.1, 0.15) is 19.3 Å². The van der Waals surface area contributed by atoms with Gasteiger partial charge in [0.05, 0.1) is 6.61 Å². The lowest BCUT2D eigenvalue weighted by Crippen LogP contribution is -2.37. The summed E-state index contributed by atoms with van der Waals surface area (Å²) in [4.78, 5) is 21.2. The molecule has 15 heavy (non-hydrogen) atoms. The Morgan fingerprint density at radius 2 is 1.87 bits per heavy atom. The maximum absolute atomic E-state index is 11.0. The molecule has 0 aliphatic heterocycles. The summed E-state index contributed by atoms with van der Waals surface area (Å²) in [6.45, 7) is 1.44. The van der Waals surface area contributed by atoms with E-state index >= 15 is 0 Å². The molecule has 0 heterocycles. The minimum absolute atomic E-state index is 0.146. The molecular formula is C9H18N2O4. The smallest absolute Gasteiger partial charge is 0.314 e. The van der Waals surface area contributed by atoms with Gasteiger partial charge in [-0.25, -0.2) is 4.79 Å². The monoisotopic (exact) mass is 218 g/mol. The van der Waals surface area contributed by atoms with Crippen molar-refractivity contribution < 1.29 is 19.4 Å². The molecule has 0 unspecified atom stereocenters. The van der Waals surface area contributed by atoms with Gasteiger partial charge in [0.2, 0.25) is 0 Å². The highest BCUT2D eigenvalue weighted by Crippen LogP contribution is 1.92. The van der Waals surface area contributed by atoms with Gasteiger partial charge in [-0.2, -0.15) is 0 Å². The summed E-state index contributed by atoms with van der Waals surface area (Å²) in [5, 5.41) is 13.6. The molecule has 0 atom stereocenters. The normalized spacial score (nSPS) is 9.67. The fourth-order valence-corrected chi connectivity index (χ4v) is 0.932. The van der Waals surface area contributed by atoms with E-state index in [0.29, 0.717) is 32.5 Å². The van der Waals surface area contributed by atoms with Crippen molar-refractivity contribution >= 4 is 12.0 Å². The first-order chi connectivity index (χ1) is 7.16. The van der Waals surface area contributed by atoms with E-state index in [1.54, 1.807) is 7.11 Å². The first-order valence-electron chi connectivity index (χ1n) is 4.89. The molecule has 0 aromatic heterocycles. The highest BCUT2D eigenvalue weighted by molar-refractivity contribution is 5.73. The molecule has 6 heteroatoms. The largest absolute Gasteiger partial charge is 0.481 e. The van der Waals surface area contributed by atoms with Crippen LogP contribution < -0.4 is 10.6 Å². The number of amides is 2. The quantitative estimate of drug-likeness (QED) is 0.507.